The Morgan fingerprint density at radius 2 is 1.94 bits per heavy atom. The summed E-state index contributed by atoms with van der Waals surface area (Å²) in [5.74, 6) is 0.134. The van der Waals surface area contributed by atoms with Gasteiger partial charge in [-0.2, -0.15) is 0 Å². The summed E-state index contributed by atoms with van der Waals surface area (Å²) in [4.78, 5) is 14.0. The van der Waals surface area contributed by atoms with Crippen LogP contribution in [0.2, 0.25) is 0 Å². The van der Waals surface area contributed by atoms with Crippen molar-refractivity contribution in [3.63, 3.8) is 0 Å². The zero-order valence-corrected chi connectivity index (χ0v) is 10.7. The van der Waals surface area contributed by atoms with Gasteiger partial charge < -0.3 is 10.1 Å². The molecule has 0 aromatic rings. The highest BCUT2D eigenvalue weighted by Gasteiger charge is 2.20. The average Bonchev–Trinajstić information content (AvgIpc) is 2.24. The Morgan fingerprint density at radius 3 is 2.50 bits per heavy atom. The van der Waals surface area contributed by atoms with E-state index in [-0.39, 0.29) is 11.3 Å². The van der Waals surface area contributed by atoms with Crippen LogP contribution in [0.1, 0.15) is 27.2 Å². The highest BCUT2D eigenvalue weighted by molar-refractivity contribution is 5.81. The van der Waals surface area contributed by atoms with Crippen LogP contribution in [0, 0.1) is 5.41 Å². The molecule has 4 nitrogen and oxygen atoms in total. The lowest BCUT2D eigenvalue weighted by Gasteiger charge is -2.26. The van der Waals surface area contributed by atoms with E-state index in [0.29, 0.717) is 0 Å². The quantitative estimate of drug-likeness (QED) is 0.726. The first kappa shape index (κ1) is 13.5. The first-order chi connectivity index (χ1) is 7.50. The number of hydrogen-bond donors (Lipinski definition) is 1. The maximum absolute atomic E-state index is 11.6. The molecule has 0 aliphatic carbocycles. The van der Waals surface area contributed by atoms with Gasteiger partial charge >= 0.3 is 0 Å². The Hall–Kier alpha value is -0.610. The fourth-order valence-corrected chi connectivity index (χ4v) is 1.59. The van der Waals surface area contributed by atoms with Crippen molar-refractivity contribution in [2.24, 2.45) is 5.41 Å². The minimum Gasteiger partial charge on any atom is -0.379 e. The zero-order valence-electron chi connectivity index (χ0n) is 10.7. The highest BCUT2D eigenvalue weighted by atomic mass is 16.5. The Bertz CT molecular complexity index is 218. The number of amides is 1. The number of rotatable bonds is 4. The second kappa shape index (κ2) is 6.21. The SMILES string of the molecule is CC(C)(C)C(=O)NCCCN1CCOCC1. The van der Waals surface area contributed by atoms with Gasteiger partial charge in [-0.3, -0.25) is 9.69 Å². The van der Waals surface area contributed by atoms with Crippen LogP contribution < -0.4 is 5.32 Å². The van der Waals surface area contributed by atoms with Crippen molar-refractivity contribution in [2.75, 3.05) is 39.4 Å². The molecule has 4 heteroatoms. The van der Waals surface area contributed by atoms with Crippen LogP contribution in [0.3, 0.4) is 0 Å². The normalized spacial score (nSPS) is 18.4. The van der Waals surface area contributed by atoms with Gasteiger partial charge in [0.15, 0.2) is 0 Å². The average molecular weight is 228 g/mol. The van der Waals surface area contributed by atoms with Crippen LogP contribution >= 0.6 is 0 Å². The molecule has 1 fully saturated rings. The molecule has 1 aliphatic rings. The first-order valence-corrected chi connectivity index (χ1v) is 6.08. The van der Waals surface area contributed by atoms with E-state index in [1.54, 1.807) is 0 Å². The van der Waals surface area contributed by atoms with Gasteiger partial charge in [0.2, 0.25) is 5.91 Å². The van der Waals surface area contributed by atoms with E-state index >= 15 is 0 Å². The van der Waals surface area contributed by atoms with E-state index in [0.717, 1.165) is 45.8 Å². The van der Waals surface area contributed by atoms with E-state index in [1.807, 2.05) is 20.8 Å². The summed E-state index contributed by atoms with van der Waals surface area (Å²) in [5.41, 5.74) is -0.279. The maximum atomic E-state index is 11.6. The fraction of sp³-hybridized carbons (Fsp3) is 0.917. The van der Waals surface area contributed by atoms with E-state index < -0.39 is 0 Å². The van der Waals surface area contributed by atoms with Gasteiger partial charge in [0, 0.05) is 25.0 Å². The Morgan fingerprint density at radius 1 is 1.31 bits per heavy atom. The number of carbonyl (C=O) groups excluding carboxylic acids is 1. The predicted octanol–water partition coefficient (Wildman–Crippen LogP) is 0.871. The molecule has 0 aromatic heterocycles. The molecule has 16 heavy (non-hydrogen) atoms. The summed E-state index contributed by atoms with van der Waals surface area (Å²) >= 11 is 0. The Balaban J connectivity index is 2.05. The minimum atomic E-state index is -0.279. The third-order valence-corrected chi connectivity index (χ3v) is 2.72. The maximum Gasteiger partial charge on any atom is 0.225 e. The van der Waals surface area contributed by atoms with Crippen molar-refractivity contribution >= 4 is 5.91 Å². The summed E-state index contributed by atoms with van der Waals surface area (Å²) in [6.07, 6.45) is 1.02. The summed E-state index contributed by atoms with van der Waals surface area (Å²) < 4.78 is 5.28. The third kappa shape index (κ3) is 4.94. The number of morpholine rings is 1. The summed E-state index contributed by atoms with van der Waals surface area (Å²) in [6, 6.07) is 0. The number of nitrogens with zero attached hydrogens (tertiary/aromatic N) is 1. The predicted molar refractivity (Wildman–Crippen MR) is 64.3 cm³/mol. The van der Waals surface area contributed by atoms with E-state index in [1.165, 1.54) is 0 Å². The van der Waals surface area contributed by atoms with Gasteiger partial charge in [-0.05, 0) is 13.0 Å². The zero-order chi connectivity index (χ0) is 12.0. The second-order valence-corrected chi connectivity index (χ2v) is 5.31. The van der Waals surface area contributed by atoms with Crippen LogP contribution in [0.15, 0.2) is 0 Å². The number of ether oxygens (including phenoxy) is 1. The standard InChI is InChI=1S/C12H24N2O2/c1-12(2,3)11(15)13-5-4-6-14-7-9-16-10-8-14/h4-10H2,1-3H3,(H,13,15). The molecular formula is C12H24N2O2. The van der Waals surface area contributed by atoms with E-state index in [9.17, 15) is 4.79 Å². The van der Waals surface area contributed by atoms with Crippen LogP contribution in [0.5, 0.6) is 0 Å². The van der Waals surface area contributed by atoms with Crippen molar-refractivity contribution < 1.29 is 9.53 Å². The van der Waals surface area contributed by atoms with Crippen molar-refractivity contribution in [2.45, 2.75) is 27.2 Å². The van der Waals surface area contributed by atoms with E-state index in [4.69, 9.17) is 4.74 Å². The first-order valence-electron chi connectivity index (χ1n) is 6.08. The molecule has 1 aliphatic heterocycles. The van der Waals surface area contributed by atoms with Crippen molar-refractivity contribution in [3.8, 4) is 0 Å². The summed E-state index contributed by atoms with van der Waals surface area (Å²) in [6.45, 7) is 11.4. The van der Waals surface area contributed by atoms with Crippen LogP contribution in [-0.2, 0) is 9.53 Å². The smallest absolute Gasteiger partial charge is 0.225 e. The lowest BCUT2D eigenvalue weighted by Crippen LogP contribution is -2.39. The summed E-state index contributed by atoms with van der Waals surface area (Å²) in [7, 11) is 0. The van der Waals surface area contributed by atoms with Crippen molar-refractivity contribution in [1.82, 2.24) is 10.2 Å². The van der Waals surface area contributed by atoms with Crippen molar-refractivity contribution in [1.29, 1.82) is 0 Å². The lowest BCUT2D eigenvalue weighted by atomic mass is 9.96. The molecule has 0 spiro atoms. The lowest BCUT2D eigenvalue weighted by molar-refractivity contribution is -0.128. The minimum absolute atomic E-state index is 0.134. The number of nitrogens with one attached hydrogen (secondary N) is 1. The van der Waals surface area contributed by atoms with Crippen LogP contribution in [-0.4, -0.2) is 50.2 Å². The summed E-state index contributed by atoms with van der Waals surface area (Å²) in [5, 5.41) is 2.97. The largest absolute Gasteiger partial charge is 0.379 e. The Kier molecular flexibility index (Phi) is 5.22. The Labute approximate surface area is 98.3 Å². The molecule has 0 saturated carbocycles. The molecule has 0 atom stereocenters. The molecule has 0 bridgehead atoms. The highest BCUT2D eigenvalue weighted by Crippen LogP contribution is 2.12. The molecular weight excluding hydrogens is 204 g/mol. The monoisotopic (exact) mass is 228 g/mol. The molecule has 94 valence electrons. The third-order valence-electron chi connectivity index (χ3n) is 2.72. The van der Waals surface area contributed by atoms with Gasteiger partial charge in [-0.25, -0.2) is 0 Å². The topological polar surface area (TPSA) is 41.6 Å². The molecule has 0 aromatic carbocycles. The number of carbonyl (C=O) groups is 1. The van der Waals surface area contributed by atoms with Gasteiger partial charge in [0.25, 0.3) is 0 Å². The van der Waals surface area contributed by atoms with Crippen molar-refractivity contribution in [3.05, 3.63) is 0 Å². The molecule has 0 unspecified atom stereocenters. The fourth-order valence-electron chi connectivity index (χ4n) is 1.59. The number of hydrogen-bond acceptors (Lipinski definition) is 3. The molecule has 1 N–H and O–H groups in total. The molecule has 1 heterocycles. The van der Waals surface area contributed by atoms with Crippen LogP contribution in [0.4, 0.5) is 0 Å². The van der Waals surface area contributed by atoms with Gasteiger partial charge in [0.05, 0.1) is 13.2 Å². The molecule has 0 radical (unpaired) electrons. The van der Waals surface area contributed by atoms with E-state index in [2.05, 4.69) is 10.2 Å². The van der Waals surface area contributed by atoms with Crippen LogP contribution in [0.25, 0.3) is 0 Å². The molecule has 1 saturated heterocycles. The van der Waals surface area contributed by atoms with Gasteiger partial charge in [-0.1, -0.05) is 20.8 Å². The second-order valence-electron chi connectivity index (χ2n) is 5.31. The van der Waals surface area contributed by atoms with Gasteiger partial charge in [-0.15, -0.1) is 0 Å². The van der Waals surface area contributed by atoms with Gasteiger partial charge in [0.1, 0.15) is 0 Å². The molecule has 1 rings (SSSR count). The molecule has 1 amide bonds.